The zero-order chi connectivity index (χ0) is 13.7. The average molecular weight is 263 g/mol. The van der Waals surface area contributed by atoms with Crippen LogP contribution in [-0.2, 0) is 25.5 Å². The molecule has 102 valence electrons. The lowest BCUT2D eigenvalue weighted by Crippen LogP contribution is -2.49. The number of ketones is 1. The number of carbonyl (C=O) groups is 2. The number of esters is 1. The van der Waals surface area contributed by atoms with Gasteiger partial charge in [0.05, 0.1) is 19.8 Å². The first kappa shape index (κ1) is 13.7. The molecule has 19 heavy (non-hydrogen) atoms. The van der Waals surface area contributed by atoms with E-state index < -0.39 is 11.4 Å². The molecule has 1 atom stereocenters. The topological polar surface area (TPSA) is 65.5 Å². The minimum atomic E-state index is -1.23. The second kappa shape index (κ2) is 5.93. The van der Waals surface area contributed by atoms with Crippen molar-refractivity contribution in [2.24, 2.45) is 5.41 Å². The zero-order valence-electron chi connectivity index (χ0n) is 10.9. The van der Waals surface area contributed by atoms with E-state index in [1.54, 1.807) is 25.3 Å². The van der Waals surface area contributed by atoms with Crippen molar-refractivity contribution in [2.75, 3.05) is 19.8 Å². The summed E-state index contributed by atoms with van der Waals surface area (Å²) in [6.45, 7) is 2.40. The van der Waals surface area contributed by atoms with Gasteiger partial charge in [-0.25, -0.2) is 0 Å². The van der Waals surface area contributed by atoms with Crippen molar-refractivity contribution in [2.45, 2.75) is 19.8 Å². The molecule has 1 aliphatic rings. The lowest BCUT2D eigenvalue weighted by atomic mass is 9.77. The minimum Gasteiger partial charge on any atom is -0.465 e. The molecule has 2 heterocycles. The highest BCUT2D eigenvalue weighted by atomic mass is 16.5. The summed E-state index contributed by atoms with van der Waals surface area (Å²) in [5.74, 6) is -0.631. The van der Waals surface area contributed by atoms with Gasteiger partial charge in [-0.2, -0.15) is 0 Å². The molecule has 0 aromatic carbocycles. The van der Waals surface area contributed by atoms with E-state index in [4.69, 9.17) is 9.47 Å². The van der Waals surface area contributed by atoms with Crippen molar-refractivity contribution in [3.63, 3.8) is 0 Å². The van der Waals surface area contributed by atoms with Crippen molar-refractivity contribution >= 4 is 11.8 Å². The maximum absolute atomic E-state index is 12.2. The van der Waals surface area contributed by atoms with Gasteiger partial charge in [-0.3, -0.25) is 14.6 Å². The van der Waals surface area contributed by atoms with Gasteiger partial charge >= 0.3 is 5.97 Å². The van der Waals surface area contributed by atoms with Gasteiger partial charge < -0.3 is 9.47 Å². The van der Waals surface area contributed by atoms with E-state index in [0.29, 0.717) is 12.3 Å². The number of Topliss-reactive ketones (excluding diaryl/α,β-unsaturated/α-hetero) is 1. The highest BCUT2D eigenvalue weighted by molar-refractivity contribution is 6.04. The minimum absolute atomic E-state index is 0.0707. The molecule has 1 saturated heterocycles. The van der Waals surface area contributed by atoms with E-state index in [-0.39, 0.29) is 31.8 Å². The van der Waals surface area contributed by atoms with E-state index in [1.165, 1.54) is 0 Å². The summed E-state index contributed by atoms with van der Waals surface area (Å²) in [6.07, 6.45) is 2.11. The molecule has 0 amide bonds. The van der Waals surface area contributed by atoms with Crippen molar-refractivity contribution in [3.8, 4) is 0 Å². The molecule has 0 aliphatic carbocycles. The van der Waals surface area contributed by atoms with Crippen LogP contribution in [0.25, 0.3) is 0 Å². The number of hydrogen-bond donors (Lipinski definition) is 0. The first-order valence-electron chi connectivity index (χ1n) is 6.37. The second-order valence-corrected chi connectivity index (χ2v) is 4.53. The van der Waals surface area contributed by atoms with Crippen LogP contribution in [0, 0.1) is 5.41 Å². The molecular weight excluding hydrogens is 246 g/mol. The fourth-order valence-corrected chi connectivity index (χ4v) is 2.21. The molecule has 5 nitrogen and oxygen atoms in total. The van der Waals surface area contributed by atoms with Gasteiger partial charge in [-0.1, -0.05) is 6.07 Å². The van der Waals surface area contributed by atoms with E-state index >= 15 is 0 Å². The Bertz CT molecular complexity index is 460. The molecular formula is C14H17NO4. The Hall–Kier alpha value is -1.75. The smallest absolute Gasteiger partial charge is 0.322 e. The molecule has 0 bridgehead atoms. The molecule has 5 heteroatoms. The van der Waals surface area contributed by atoms with E-state index in [1.807, 2.05) is 6.07 Å². The van der Waals surface area contributed by atoms with Gasteiger partial charge in [0.2, 0.25) is 0 Å². The van der Waals surface area contributed by atoms with Gasteiger partial charge in [-0.05, 0) is 19.1 Å². The van der Waals surface area contributed by atoms with Crippen molar-refractivity contribution < 1.29 is 19.1 Å². The van der Waals surface area contributed by atoms with Crippen LogP contribution < -0.4 is 0 Å². The van der Waals surface area contributed by atoms with Gasteiger partial charge in [0, 0.05) is 24.7 Å². The fraction of sp³-hybridized carbons (Fsp3) is 0.500. The highest BCUT2D eigenvalue weighted by Crippen LogP contribution is 2.30. The maximum Gasteiger partial charge on any atom is 0.322 e. The molecule has 2 rings (SSSR count). The number of aromatic nitrogens is 1. The number of ether oxygens (including phenoxy) is 2. The summed E-state index contributed by atoms with van der Waals surface area (Å²) in [6, 6.07) is 5.41. The average Bonchev–Trinajstić information content (AvgIpc) is 2.43. The second-order valence-electron chi connectivity index (χ2n) is 4.53. The van der Waals surface area contributed by atoms with Gasteiger partial charge in [0.1, 0.15) is 0 Å². The van der Waals surface area contributed by atoms with Crippen molar-refractivity contribution in [3.05, 3.63) is 30.1 Å². The summed E-state index contributed by atoms with van der Waals surface area (Å²) < 4.78 is 10.4. The third-order valence-electron chi connectivity index (χ3n) is 3.23. The van der Waals surface area contributed by atoms with Crippen LogP contribution in [-0.4, -0.2) is 36.6 Å². The van der Waals surface area contributed by atoms with Crippen LogP contribution in [0.3, 0.4) is 0 Å². The molecule has 1 fully saturated rings. The summed E-state index contributed by atoms with van der Waals surface area (Å²) >= 11 is 0. The molecule has 1 aromatic rings. The first-order chi connectivity index (χ1) is 9.19. The van der Waals surface area contributed by atoms with E-state index in [2.05, 4.69) is 4.98 Å². The lowest BCUT2D eigenvalue weighted by Gasteiger charge is -2.32. The van der Waals surface area contributed by atoms with Crippen LogP contribution in [0.1, 0.15) is 19.0 Å². The van der Waals surface area contributed by atoms with E-state index in [9.17, 15) is 9.59 Å². The summed E-state index contributed by atoms with van der Waals surface area (Å²) in [5, 5.41) is 0. The van der Waals surface area contributed by atoms with Crippen LogP contribution in [0.5, 0.6) is 0 Å². The Balaban J connectivity index is 2.28. The highest BCUT2D eigenvalue weighted by Gasteiger charge is 2.49. The molecule has 0 spiro atoms. The van der Waals surface area contributed by atoms with Crippen molar-refractivity contribution in [1.82, 2.24) is 4.98 Å². The quantitative estimate of drug-likeness (QED) is 0.602. The lowest BCUT2D eigenvalue weighted by molar-refractivity contribution is -0.169. The summed E-state index contributed by atoms with van der Waals surface area (Å²) in [4.78, 5) is 28.6. The molecule has 0 N–H and O–H groups in total. The van der Waals surface area contributed by atoms with Crippen LogP contribution >= 0.6 is 0 Å². The van der Waals surface area contributed by atoms with E-state index in [0.717, 1.165) is 0 Å². The molecule has 1 aromatic heterocycles. The Morgan fingerprint density at radius 1 is 1.53 bits per heavy atom. The predicted octanol–water partition coefficient (Wildman–Crippen LogP) is 1.16. The van der Waals surface area contributed by atoms with Crippen LogP contribution in [0.15, 0.2) is 24.4 Å². The van der Waals surface area contributed by atoms with Gasteiger partial charge in [0.25, 0.3) is 0 Å². The number of nitrogens with zero attached hydrogens (tertiary/aromatic N) is 1. The van der Waals surface area contributed by atoms with Gasteiger partial charge in [-0.15, -0.1) is 0 Å². The summed E-state index contributed by atoms with van der Waals surface area (Å²) in [5.41, 5.74) is -0.544. The molecule has 1 aliphatic heterocycles. The summed E-state index contributed by atoms with van der Waals surface area (Å²) in [7, 11) is 0. The molecule has 0 radical (unpaired) electrons. The SMILES string of the molecule is CCOC(=O)C1(Cc2ccccn2)COCCC1=O. The standard InChI is InChI=1S/C14H17NO4/c1-2-19-13(17)14(10-18-8-6-12(14)16)9-11-5-3-4-7-15-11/h3-5,7H,2,6,8-10H2,1H3. The number of hydrogen-bond acceptors (Lipinski definition) is 5. The fourth-order valence-electron chi connectivity index (χ4n) is 2.21. The first-order valence-corrected chi connectivity index (χ1v) is 6.37. The molecule has 0 saturated carbocycles. The molecule has 1 unspecified atom stereocenters. The number of pyridine rings is 1. The zero-order valence-corrected chi connectivity index (χ0v) is 10.9. The largest absolute Gasteiger partial charge is 0.465 e. The monoisotopic (exact) mass is 263 g/mol. The Kier molecular flexibility index (Phi) is 4.27. The Morgan fingerprint density at radius 3 is 3.00 bits per heavy atom. The Labute approximate surface area is 111 Å². The van der Waals surface area contributed by atoms with Gasteiger partial charge in [0.15, 0.2) is 11.2 Å². The number of carbonyl (C=O) groups excluding carboxylic acids is 2. The third-order valence-corrected chi connectivity index (χ3v) is 3.23. The number of rotatable bonds is 4. The predicted molar refractivity (Wildman–Crippen MR) is 67.5 cm³/mol. The third kappa shape index (κ3) is 2.81. The van der Waals surface area contributed by atoms with Crippen LogP contribution in [0.4, 0.5) is 0 Å². The van der Waals surface area contributed by atoms with Crippen LogP contribution in [0.2, 0.25) is 0 Å². The maximum atomic E-state index is 12.2. The normalized spacial score (nSPS) is 23.1. The Morgan fingerprint density at radius 2 is 2.37 bits per heavy atom. The van der Waals surface area contributed by atoms with Crippen molar-refractivity contribution in [1.29, 1.82) is 0 Å².